The molecule has 1 fully saturated rings. The Morgan fingerprint density at radius 1 is 1.50 bits per heavy atom. The largest absolute Gasteiger partial charge is 0.359 e. The van der Waals surface area contributed by atoms with Crippen molar-refractivity contribution in [1.82, 2.24) is 5.32 Å². The molecule has 0 bridgehead atoms. The molecular weight excluding hydrogens is 264 g/mol. The van der Waals surface area contributed by atoms with Gasteiger partial charge in [-0.05, 0) is 24.3 Å². The number of benzene rings is 1. The smallest absolute Gasteiger partial charge is 0.247 e. The first-order chi connectivity index (χ1) is 7.65. The third-order valence-electron chi connectivity index (χ3n) is 2.10. The van der Waals surface area contributed by atoms with Crippen LogP contribution in [-0.4, -0.2) is 22.0 Å². The minimum Gasteiger partial charge on any atom is -0.359 e. The molecule has 1 aliphatic heterocycles. The van der Waals surface area contributed by atoms with Crippen LogP contribution >= 0.6 is 35.6 Å². The lowest BCUT2D eigenvalue weighted by Crippen LogP contribution is -2.38. The van der Waals surface area contributed by atoms with Crippen molar-refractivity contribution < 1.29 is 4.79 Å². The Labute approximate surface area is 108 Å². The Morgan fingerprint density at radius 3 is 2.75 bits per heavy atom. The SMILES string of the molecule is O=C(Nc1ccc(Cl)cc1)[C@H]1CSC(=S)N1. The predicted octanol–water partition coefficient (Wildman–Crippen LogP) is 2.27. The van der Waals surface area contributed by atoms with Crippen molar-refractivity contribution in [3.8, 4) is 0 Å². The number of thiocarbonyl (C=S) groups is 1. The van der Waals surface area contributed by atoms with E-state index in [1.807, 2.05) is 0 Å². The highest BCUT2D eigenvalue weighted by Crippen LogP contribution is 2.17. The van der Waals surface area contributed by atoms with Gasteiger partial charge in [-0.1, -0.05) is 35.6 Å². The monoisotopic (exact) mass is 272 g/mol. The molecule has 0 aromatic heterocycles. The number of thioether (sulfide) groups is 1. The average molecular weight is 273 g/mol. The average Bonchev–Trinajstić information content (AvgIpc) is 2.68. The van der Waals surface area contributed by atoms with Crippen molar-refractivity contribution in [3.63, 3.8) is 0 Å². The molecule has 1 atom stereocenters. The highest BCUT2D eigenvalue weighted by molar-refractivity contribution is 8.23. The first-order valence-corrected chi connectivity index (χ1v) is 6.42. The molecule has 1 amide bonds. The molecule has 0 unspecified atom stereocenters. The van der Waals surface area contributed by atoms with E-state index in [2.05, 4.69) is 10.6 Å². The van der Waals surface area contributed by atoms with Gasteiger partial charge in [0.05, 0.1) is 0 Å². The van der Waals surface area contributed by atoms with Crippen LogP contribution in [0.4, 0.5) is 5.69 Å². The van der Waals surface area contributed by atoms with Crippen LogP contribution in [0.15, 0.2) is 24.3 Å². The Bertz CT molecular complexity index is 421. The number of rotatable bonds is 2. The van der Waals surface area contributed by atoms with E-state index in [-0.39, 0.29) is 11.9 Å². The number of carbonyl (C=O) groups is 1. The number of anilines is 1. The van der Waals surface area contributed by atoms with Gasteiger partial charge in [-0.3, -0.25) is 4.79 Å². The third kappa shape index (κ3) is 2.87. The van der Waals surface area contributed by atoms with E-state index >= 15 is 0 Å². The van der Waals surface area contributed by atoms with Crippen LogP contribution in [0, 0.1) is 0 Å². The normalized spacial score (nSPS) is 19.3. The van der Waals surface area contributed by atoms with E-state index in [4.69, 9.17) is 23.8 Å². The van der Waals surface area contributed by atoms with Crippen LogP contribution in [-0.2, 0) is 4.79 Å². The summed E-state index contributed by atoms with van der Waals surface area (Å²) in [5, 5.41) is 6.39. The molecule has 0 saturated carbocycles. The fraction of sp³-hybridized carbons (Fsp3) is 0.200. The number of carbonyl (C=O) groups excluding carboxylic acids is 1. The lowest BCUT2D eigenvalue weighted by molar-refractivity contribution is -0.117. The maximum atomic E-state index is 11.8. The Morgan fingerprint density at radius 2 is 2.19 bits per heavy atom. The predicted molar refractivity (Wildman–Crippen MR) is 72.1 cm³/mol. The summed E-state index contributed by atoms with van der Waals surface area (Å²) in [6.07, 6.45) is 0. The molecule has 1 heterocycles. The van der Waals surface area contributed by atoms with Gasteiger partial charge in [-0.2, -0.15) is 0 Å². The van der Waals surface area contributed by atoms with E-state index in [0.717, 1.165) is 5.69 Å². The summed E-state index contributed by atoms with van der Waals surface area (Å²) in [6, 6.07) is 6.76. The lowest BCUT2D eigenvalue weighted by Gasteiger charge is -2.10. The molecule has 84 valence electrons. The summed E-state index contributed by atoms with van der Waals surface area (Å²) in [5.74, 6) is 0.604. The summed E-state index contributed by atoms with van der Waals surface area (Å²) in [6.45, 7) is 0. The quantitative estimate of drug-likeness (QED) is 0.811. The van der Waals surface area contributed by atoms with Gasteiger partial charge in [0.1, 0.15) is 10.4 Å². The summed E-state index contributed by atoms with van der Waals surface area (Å²) >= 11 is 12.2. The third-order valence-corrected chi connectivity index (χ3v) is 3.70. The van der Waals surface area contributed by atoms with E-state index in [1.165, 1.54) is 11.8 Å². The number of amides is 1. The highest BCUT2D eigenvalue weighted by atomic mass is 35.5. The second kappa shape index (κ2) is 5.03. The molecule has 2 rings (SSSR count). The highest BCUT2D eigenvalue weighted by Gasteiger charge is 2.25. The van der Waals surface area contributed by atoms with Crippen LogP contribution in [0.3, 0.4) is 0 Å². The number of hydrogen-bond acceptors (Lipinski definition) is 3. The van der Waals surface area contributed by atoms with Crippen molar-refractivity contribution in [3.05, 3.63) is 29.3 Å². The van der Waals surface area contributed by atoms with E-state index in [1.54, 1.807) is 24.3 Å². The summed E-state index contributed by atoms with van der Waals surface area (Å²) in [5.41, 5.74) is 0.735. The molecule has 16 heavy (non-hydrogen) atoms. The van der Waals surface area contributed by atoms with Gasteiger partial charge in [-0.15, -0.1) is 0 Å². The van der Waals surface area contributed by atoms with Crippen LogP contribution in [0.2, 0.25) is 5.02 Å². The molecule has 3 nitrogen and oxygen atoms in total. The Hall–Kier alpha value is -0.780. The van der Waals surface area contributed by atoms with Crippen molar-refractivity contribution in [2.45, 2.75) is 6.04 Å². The maximum absolute atomic E-state index is 11.8. The molecule has 1 aliphatic rings. The topological polar surface area (TPSA) is 41.1 Å². The maximum Gasteiger partial charge on any atom is 0.247 e. The molecule has 1 aromatic rings. The molecule has 1 saturated heterocycles. The first-order valence-electron chi connectivity index (χ1n) is 4.65. The first kappa shape index (κ1) is 11.7. The van der Waals surface area contributed by atoms with Crippen molar-refractivity contribution in [2.24, 2.45) is 0 Å². The summed E-state index contributed by atoms with van der Waals surface area (Å²) in [4.78, 5) is 11.8. The van der Waals surface area contributed by atoms with Crippen LogP contribution in [0.5, 0.6) is 0 Å². The molecule has 2 N–H and O–H groups in total. The zero-order valence-corrected chi connectivity index (χ0v) is 10.6. The van der Waals surface area contributed by atoms with Crippen molar-refractivity contribution in [1.29, 1.82) is 0 Å². The second-order valence-electron chi connectivity index (χ2n) is 3.29. The van der Waals surface area contributed by atoms with Gasteiger partial charge in [0.15, 0.2) is 0 Å². The second-order valence-corrected chi connectivity index (χ2v) is 5.42. The van der Waals surface area contributed by atoms with Crippen molar-refractivity contribution >= 4 is 51.5 Å². The standard InChI is InChI=1S/C10H9ClN2OS2/c11-6-1-3-7(4-2-6)12-9(14)8-5-16-10(15)13-8/h1-4,8H,5H2,(H,12,14)(H,13,15)/t8-/m1/s1. The van der Waals surface area contributed by atoms with Crippen LogP contribution in [0.1, 0.15) is 0 Å². The van der Waals surface area contributed by atoms with E-state index in [9.17, 15) is 4.79 Å². The van der Waals surface area contributed by atoms with E-state index in [0.29, 0.717) is 15.1 Å². The fourth-order valence-electron chi connectivity index (χ4n) is 1.29. The van der Waals surface area contributed by atoms with Crippen LogP contribution in [0.25, 0.3) is 0 Å². The summed E-state index contributed by atoms with van der Waals surface area (Å²) in [7, 11) is 0. The number of hydrogen-bond donors (Lipinski definition) is 2. The molecule has 6 heteroatoms. The van der Waals surface area contributed by atoms with Gasteiger partial charge < -0.3 is 10.6 Å². The fourth-order valence-corrected chi connectivity index (χ4v) is 2.54. The van der Waals surface area contributed by atoms with Gasteiger partial charge in [-0.25, -0.2) is 0 Å². The summed E-state index contributed by atoms with van der Waals surface area (Å²) < 4.78 is 0.677. The Kier molecular flexibility index (Phi) is 3.68. The van der Waals surface area contributed by atoms with Gasteiger partial charge in [0, 0.05) is 16.5 Å². The van der Waals surface area contributed by atoms with Crippen LogP contribution < -0.4 is 10.6 Å². The molecule has 0 spiro atoms. The zero-order valence-electron chi connectivity index (χ0n) is 8.20. The lowest BCUT2D eigenvalue weighted by atomic mass is 10.3. The van der Waals surface area contributed by atoms with Crippen molar-refractivity contribution in [2.75, 3.05) is 11.1 Å². The molecule has 0 radical (unpaired) electrons. The van der Waals surface area contributed by atoms with Gasteiger partial charge >= 0.3 is 0 Å². The zero-order chi connectivity index (χ0) is 11.5. The molecule has 1 aromatic carbocycles. The minimum absolute atomic E-state index is 0.0744. The number of halogens is 1. The molecular formula is C10H9ClN2OS2. The Balaban J connectivity index is 1.97. The van der Waals surface area contributed by atoms with E-state index < -0.39 is 0 Å². The molecule has 0 aliphatic carbocycles. The van der Waals surface area contributed by atoms with Gasteiger partial charge in [0.2, 0.25) is 5.91 Å². The van der Waals surface area contributed by atoms with Gasteiger partial charge in [0.25, 0.3) is 0 Å². The minimum atomic E-state index is -0.242. The number of nitrogens with one attached hydrogen (secondary N) is 2.